The lowest BCUT2D eigenvalue weighted by Crippen LogP contribution is -2.31. The van der Waals surface area contributed by atoms with Crippen molar-refractivity contribution < 1.29 is 9.18 Å². The molecule has 0 N–H and O–H groups in total. The molecule has 0 unspecified atom stereocenters. The van der Waals surface area contributed by atoms with Crippen molar-refractivity contribution in [3.8, 4) is 11.1 Å². The van der Waals surface area contributed by atoms with Crippen molar-refractivity contribution in [3.05, 3.63) is 41.8 Å². The summed E-state index contributed by atoms with van der Waals surface area (Å²) >= 11 is 2.95. The molecular formula is C18H18FN3OS2. The number of benzene rings is 1. The number of aromatic nitrogens is 2. The number of rotatable bonds is 6. The number of carbonyl (C=O) groups excluding carboxylic acids is 1. The first-order valence-corrected chi connectivity index (χ1v) is 9.89. The van der Waals surface area contributed by atoms with Crippen LogP contribution in [0.1, 0.15) is 13.8 Å². The minimum absolute atomic E-state index is 0.0975. The second-order valence-corrected chi connectivity index (χ2v) is 7.19. The number of fused-ring (bicyclic) bond motifs is 1. The van der Waals surface area contributed by atoms with Crippen LogP contribution in [0.15, 0.2) is 41.0 Å². The van der Waals surface area contributed by atoms with Crippen molar-refractivity contribution in [3.63, 3.8) is 0 Å². The highest BCUT2D eigenvalue weighted by Gasteiger charge is 2.16. The number of hydrogen-bond acceptors (Lipinski definition) is 5. The van der Waals surface area contributed by atoms with Crippen LogP contribution in [-0.2, 0) is 4.79 Å². The Morgan fingerprint density at radius 3 is 2.60 bits per heavy atom. The Labute approximate surface area is 154 Å². The van der Waals surface area contributed by atoms with Gasteiger partial charge in [0.25, 0.3) is 0 Å². The summed E-state index contributed by atoms with van der Waals surface area (Å²) in [4.78, 5) is 23.6. The first kappa shape index (κ1) is 17.8. The van der Waals surface area contributed by atoms with E-state index in [0.717, 1.165) is 26.4 Å². The van der Waals surface area contributed by atoms with Gasteiger partial charge in [-0.2, -0.15) is 0 Å². The quantitative estimate of drug-likeness (QED) is 0.471. The van der Waals surface area contributed by atoms with Crippen LogP contribution >= 0.6 is 23.1 Å². The lowest BCUT2D eigenvalue weighted by atomic mass is 10.1. The molecular weight excluding hydrogens is 357 g/mol. The van der Waals surface area contributed by atoms with Crippen LogP contribution in [0.2, 0.25) is 0 Å². The molecule has 2 heterocycles. The molecule has 0 radical (unpaired) electrons. The van der Waals surface area contributed by atoms with Gasteiger partial charge in [0.1, 0.15) is 22.0 Å². The summed E-state index contributed by atoms with van der Waals surface area (Å²) in [6.45, 7) is 5.35. The Morgan fingerprint density at radius 2 is 1.92 bits per heavy atom. The zero-order valence-corrected chi connectivity index (χ0v) is 15.7. The molecule has 2 aromatic heterocycles. The fraction of sp³-hybridized carbons (Fsp3) is 0.278. The van der Waals surface area contributed by atoms with E-state index < -0.39 is 0 Å². The monoisotopic (exact) mass is 375 g/mol. The summed E-state index contributed by atoms with van der Waals surface area (Å²) in [7, 11) is 0. The van der Waals surface area contributed by atoms with Gasteiger partial charge in [-0.15, -0.1) is 11.3 Å². The highest BCUT2D eigenvalue weighted by molar-refractivity contribution is 8.00. The average molecular weight is 375 g/mol. The third kappa shape index (κ3) is 3.82. The molecule has 0 saturated heterocycles. The molecule has 1 amide bonds. The molecule has 3 rings (SSSR count). The van der Waals surface area contributed by atoms with Crippen molar-refractivity contribution in [2.45, 2.75) is 18.9 Å². The molecule has 0 atom stereocenters. The lowest BCUT2D eigenvalue weighted by Gasteiger charge is -2.18. The van der Waals surface area contributed by atoms with E-state index in [4.69, 9.17) is 0 Å². The normalized spacial score (nSPS) is 11.0. The van der Waals surface area contributed by atoms with Gasteiger partial charge in [0.05, 0.1) is 11.1 Å². The summed E-state index contributed by atoms with van der Waals surface area (Å²) < 4.78 is 13.2. The molecule has 0 fully saturated rings. The van der Waals surface area contributed by atoms with Crippen LogP contribution in [-0.4, -0.2) is 39.6 Å². The van der Waals surface area contributed by atoms with Crippen molar-refractivity contribution in [2.24, 2.45) is 0 Å². The Hall–Kier alpha value is -1.99. The van der Waals surface area contributed by atoms with Gasteiger partial charge < -0.3 is 4.90 Å². The van der Waals surface area contributed by atoms with Gasteiger partial charge in [0, 0.05) is 24.0 Å². The Kier molecular flexibility index (Phi) is 5.65. The van der Waals surface area contributed by atoms with Crippen LogP contribution in [0.5, 0.6) is 0 Å². The third-order valence-corrected chi connectivity index (χ3v) is 5.80. The van der Waals surface area contributed by atoms with Gasteiger partial charge in [-0.25, -0.2) is 14.4 Å². The predicted molar refractivity (Wildman–Crippen MR) is 101 cm³/mol. The number of nitrogens with zero attached hydrogens (tertiary/aromatic N) is 3. The van der Waals surface area contributed by atoms with Gasteiger partial charge in [-0.3, -0.25) is 4.79 Å². The van der Waals surface area contributed by atoms with Gasteiger partial charge >= 0.3 is 0 Å². The van der Waals surface area contributed by atoms with Crippen molar-refractivity contribution in [2.75, 3.05) is 18.8 Å². The molecule has 1 aromatic carbocycles. The number of carbonyl (C=O) groups is 1. The molecule has 3 aromatic rings. The minimum Gasteiger partial charge on any atom is -0.343 e. The fourth-order valence-corrected chi connectivity index (χ4v) is 4.49. The van der Waals surface area contributed by atoms with Crippen molar-refractivity contribution in [1.82, 2.24) is 14.9 Å². The van der Waals surface area contributed by atoms with E-state index in [1.807, 2.05) is 19.2 Å². The summed E-state index contributed by atoms with van der Waals surface area (Å²) in [5.74, 6) is 0.172. The highest BCUT2D eigenvalue weighted by Crippen LogP contribution is 2.37. The first-order chi connectivity index (χ1) is 12.1. The maximum atomic E-state index is 13.2. The van der Waals surface area contributed by atoms with Crippen LogP contribution < -0.4 is 0 Å². The van der Waals surface area contributed by atoms with Crippen molar-refractivity contribution in [1.29, 1.82) is 0 Å². The second-order valence-electron chi connectivity index (χ2n) is 5.37. The maximum absolute atomic E-state index is 13.2. The third-order valence-electron chi connectivity index (χ3n) is 3.94. The molecule has 25 heavy (non-hydrogen) atoms. The molecule has 0 aliphatic heterocycles. The fourth-order valence-electron chi connectivity index (χ4n) is 2.60. The van der Waals surface area contributed by atoms with Crippen LogP contribution in [0, 0.1) is 5.82 Å². The zero-order valence-electron chi connectivity index (χ0n) is 14.0. The zero-order chi connectivity index (χ0) is 17.8. The smallest absolute Gasteiger partial charge is 0.232 e. The minimum atomic E-state index is -0.265. The molecule has 130 valence electrons. The average Bonchev–Trinajstić information content (AvgIpc) is 3.06. The van der Waals surface area contributed by atoms with E-state index in [1.165, 1.54) is 41.6 Å². The van der Waals surface area contributed by atoms with Gasteiger partial charge in [-0.1, -0.05) is 23.9 Å². The van der Waals surface area contributed by atoms with Gasteiger partial charge in [-0.05, 0) is 31.5 Å². The maximum Gasteiger partial charge on any atom is 0.232 e. The highest BCUT2D eigenvalue weighted by atomic mass is 32.2. The van der Waals surface area contributed by atoms with E-state index in [1.54, 1.807) is 17.0 Å². The Bertz CT molecular complexity index is 876. The summed E-state index contributed by atoms with van der Waals surface area (Å²) in [5, 5.41) is 3.71. The van der Waals surface area contributed by atoms with Crippen LogP contribution in [0.3, 0.4) is 0 Å². The van der Waals surface area contributed by atoms with E-state index in [2.05, 4.69) is 9.97 Å². The Balaban J connectivity index is 1.92. The molecule has 0 bridgehead atoms. The van der Waals surface area contributed by atoms with E-state index >= 15 is 0 Å². The Morgan fingerprint density at radius 1 is 1.20 bits per heavy atom. The van der Waals surface area contributed by atoms with E-state index in [0.29, 0.717) is 18.8 Å². The van der Waals surface area contributed by atoms with E-state index in [9.17, 15) is 9.18 Å². The van der Waals surface area contributed by atoms with Crippen LogP contribution in [0.4, 0.5) is 4.39 Å². The molecule has 0 saturated carbocycles. The topological polar surface area (TPSA) is 46.1 Å². The predicted octanol–water partition coefficient (Wildman–Crippen LogP) is 4.46. The number of thiophene rings is 1. The largest absolute Gasteiger partial charge is 0.343 e. The molecule has 7 heteroatoms. The summed E-state index contributed by atoms with van der Waals surface area (Å²) in [5.41, 5.74) is 1.89. The number of thioether (sulfide) groups is 1. The van der Waals surface area contributed by atoms with Gasteiger partial charge in [0.2, 0.25) is 5.91 Å². The van der Waals surface area contributed by atoms with Crippen LogP contribution in [0.25, 0.3) is 21.3 Å². The second kappa shape index (κ2) is 7.93. The summed E-state index contributed by atoms with van der Waals surface area (Å²) in [6.07, 6.45) is 1.53. The molecule has 0 aliphatic carbocycles. The van der Waals surface area contributed by atoms with Crippen molar-refractivity contribution >= 4 is 39.2 Å². The SMILES string of the molecule is CCN(CC)C(=O)CSc1ncnc2scc(-c3ccc(F)cc3)c12. The number of halogens is 1. The first-order valence-electron chi connectivity index (χ1n) is 8.02. The molecule has 4 nitrogen and oxygen atoms in total. The number of amides is 1. The molecule has 0 aliphatic rings. The summed E-state index contributed by atoms with van der Waals surface area (Å²) in [6, 6.07) is 6.39. The van der Waals surface area contributed by atoms with E-state index in [-0.39, 0.29) is 11.7 Å². The standard InChI is InChI=1S/C18H18FN3OS2/c1-3-22(4-2)15(23)10-25-18-16-14(9-24-17(16)20-11-21-18)12-5-7-13(19)8-6-12/h5-9,11H,3-4,10H2,1-2H3. The molecule has 0 spiro atoms. The lowest BCUT2D eigenvalue weighted by molar-refractivity contribution is -0.127. The number of hydrogen-bond donors (Lipinski definition) is 0. The van der Waals surface area contributed by atoms with Gasteiger partial charge in [0.15, 0.2) is 0 Å².